The van der Waals surface area contributed by atoms with Crippen molar-refractivity contribution in [3.63, 3.8) is 0 Å². The van der Waals surface area contributed by atoms with Crippen LogP contribution in [-0.4, -0.2) is 87.6 Å². The molecule has 1 amide bonds. The molecule has 36 heavy (non-hydrogen) atoms. The van der Waals surface area contributed by atoms with Crippen LogP contribution < -0.4 is 5.32 Å². The van der Waals surface area contributed by atoms with E-state index in [0.717, 1.165) is 12.8 Å². The summed E-state index contributed by atoms with van der Waals surface area (Å²) < 4.78 is 43.9. The SMILES string of the molecule is N#Cc1ccc(NCC2CCC3(COCCN(C(=O)c4ccncn4)C3)O2)nc1.O=C(O)C(F)(F)F. The van der Waals surface area contributed by atoms with Crippen molar-refractivity contribution in [1.82, 2.24) is 19.9 Å². The van der Waals surface area contributed by atoms with Crippen molar-refractivity contribution in [1.29, 1.82) is 5.26 Å². The number of anilines is 1. The van der Waals surface area contributed by atoms with E-state index in [4.69, 9.17) is 24.6 Å². The molecule has 2 unspecified atom stereocenters. The normalized spacial score (nSPS) is 21.6. The Morgan fingerprint density at radius 2 is 2.08 bits per heavy atom. The molecule has 2 N–H and O–H groups in total. The summed E-state index contributed by atoms with van der Waals surface area (Å²) in [6.45, 7) is 2.51. The lowest BCUT2D eigenvalue weighted by Crippen LogP contribution is -2.47. The van der Waals surface area contributed by atoms with Gasteiger partial charge in [0.05, 0.1) is 31.4 Å². The van der Waals surface area contributed by atoms with Crippen molar-refractivity contribution in [3.05, 3.63) is 48.2 Å². The fraction of sp³-hybridized carbons (Fsp3) is 0.455. The minimum absolute atomic E-state index is 0.00912. The van der Waals surface area contributed by atoms with Crippen LogP contribution in [0.2, 0.25) is 0 Å². The van der Waals surface area contributed by atoms with Gasteiger partial charge in [-0.25, -0.2) is 19.7 Å². The van der Waals surface area contributed by atoms with Gasteiger partial charge in [-0.1, -0.05) is 0 Å². The van der Waals surface area contributed by atoms with E-state index in [1.807, 2.05) is 0 Å². The number of rotatable bonds is 4. The van der Waals surface area contributed by atoms with Crippen LogP contribution in [0, 0.1) is 11.3 Å². The molecular weight excluding hydrogens is 485 g/mol. The number of carboxylic acid groups (broad SMARTS) is 1. The van der Waals surface area contributed by atoms with Crippen LogP contribution in [0.3, 0.4) is 0 Å². The summed E-state index contributed by atoms with van der Waals surface area (Å²) in [6, 6.07) is 7.17. The zero-order chi connectivity index (χ0) is 26.2. The Labute approximate surface area is 203 Å². The second-order valence-electron chi connectivity index (χ2n) is 8.06. The van der Waals surface area contributed by atoms with Crippen LogP contribution in [0.5, 0.6) is 0 Å². The van der Waals surface area contributed by atoms with Crippen molar-refractivity contribution in [3.8, 4) is 6.07 Å². The molecule has 11 nitrogen and oxygen atoms in total. The van der Waals surface area contributed by atoms with Crippen LogP contribution in [0.15, 0.2) is 36.9 Å². The molecular formula is C22H23F3N6O5. The summed E-state index contributed by atoms with van der Waals surface area (Å²) in [6.07, 6.45) is 1.06. The highest BCUT2D eigenvalue weighted by atomic mass is 19.4. The molecule has 192 valence electrons. The van der Waals surface area contributed by atoms with Gasteiger partial charge in [0.25, 0.3) is 5.91 Å². The van der Waals surface area contributed by atoms with Gasteiger partial charge in [0.15, 0.2) is 0 Å². The maximum absolute atomic E-state index is 12.8. The van der Waals surface area contributed by atoms with Gasteiger partial charge in [0.1, 0.15) is 29.5 Å². The van der Waals surface area contributed by atoms with Gasteiger partial charge in [-0.15, -0.1) is 0 Å². The molecule has 0 aromatic carbocycles. The minimum Gasteiger partial charge on any atom is -0.475 e. The van der Waals surface area contributed by atoms with Gasteiger partial charge < -0.3 is 24.8 Å². The lowest BCUT2D eigenvalue weighted by Gasteiger charge is -2.31. The Bertz CT molecular complexity index is 1080. The molecule has 2 saturated heterocycles. The number of carbonyl (C=O) groups is 2. The van der Waals surface area contributed by atoms with Crippen molar-refractivity contribution in [2.75, 3.05) is 38.2 Å². The molecule has 2 aromatic heterocycles. The zero-order valence-electron chi connectivity index (χ0n) is 18.9. The standard InChI is InChI=1S/C20H22N6O3.C2HF3O2/c21-9-15-1-2-18(23-10-15)24-11-16-3-5-20(29-16)12-26(7-8-28-13-20)19(27)17-4-6-22-14-25-17;3-2(4,5)1(6)7/h1-2,4,6,10,14,16H,3,5,7-8,11-13H2,(H,23,24);(H,6,7). The summed E-state index contributed by atoms with van der Waals surface area (Å²) in [5, 5.41) is 19.2. The van der Waals surface area contributed by atoms with Gasteiger partial charge in [0.2, 0.25) is 0 Å². The Kier molecular flexibility index (Phi) is 8.73. The smallest absolute Gasteiger partial charge is 0.475 e. The summed E-state index contributed by atoms with van der Waals surface area (Å²) in [5.74, 6) is -2.19. The number of ether oxygens (including phenoxy) is 2. The van der Waals surface area contributed by atoms with E-state index in [9.17, 15) is 18.0 Å². The third-order valence-corrected chi connectivity index (χ3v) is 5.42. The lowest BCUT2D eigenvalue weighted by atomic mass is 10.00. The number of pyridine rings is 1. The van der Waals surface area contributed by atoms with Gasteiger partial charge in [0, 0.05) is 25.5 Å². The van der Waals surface area contributed by atoms with Crippen LogP contribution in [0.25, 0.3) is 0 Å². The van der Waals surface area contributed by atoms with Crippen LogP contribution in [-0.2, 0) is 14.3 Å². The van der Waals surface area contributed by atoms with E-state index in [1.165, 1.54) is 12.5 Å². The average molecular weight is 508 g/mol. The molecule has 0 saturated carbocycles. The summed E-state index contributed by atoms with van der Waals surface area (Å²) in [4.78, 5) is 35.6. The summed E-state index contributed by atoms with van der Waals surface area (Å²) in [5.41, 5.74) is 0.389. The highest BCUT2D eigenvalue weighted by molar-refractivity contribution is 5.92. The topological polar surface area (TPSA) is 151 Å². The third kappa shape index (κ3) is 7.33. The van der Waals surface area contributed by atoms with Crippen molar-refractivity contribution >= 4 is 17.7 Å². The molecule has 2 aliphatic heterocycles. The summed E-state index contributed by atoms with van der Waals surface area (Å²) >= 11 is 0. The zero-order valence-corrected chi connectivity index (χ0v) is 18.9. The minimum atomic E-state index is -5.08. The van der Waals surface area contributed by atoms with Crippen molar-refractivity contribution in [2.45, 2.75) is 30.7 Å². The molecule has 4 rings (SSSR count). The van der Waals surface area contributed by atoms with Gasteiger partial charge in [-0.2, -0.15) is 18.4 Å². The average Bonchev–Trinajstić information content (AvgIpc) is 3.15. The molecule has 1 spiro atoms. The van der Waals surface area contributed by atoms with Crippen molar-refractivity contribution < 1.29 is 37.3 Å². The number of aliphatic carboxylic acids is 1. The van der Waals surface area contributed by atoms with E-state index in [2.05, 4.69) is 26.3 Å². The number of alkyl halides is 3. The van der Waals surface area contributed by atoms with Gasteiger partial charge in [-0.05, 0) is 31.0 Å². The van der Waals surface area contributed by atoms with Gasteiger partial charge in [-0.3, -0.25) is 4.79 Å². The second-order valence-corrected chi connectivity index (χ2v) is 8.06. The Hall–Kier alpha value is -3.83. The number of halogens is 3. The number of nitriles is 1. The number of nitrogens with one attached hydrogen (secondary N) is 1. The van der Waals surface area contributed by atoms with Crippen LogP contribution in [0.4, 0.5) is 19.0 Å². The molecule has 14 heteroatoms. The Balaban J connectivity index is 0.000000454. The number of hydrogen-bond acceptors (Lipinski definition) is 9. The number of hydrogen-bond donors (Lipinski definition) is 2. The molecule has 0 radical (unpaired) electrons. The number of carboxylic acids is 1. The number of carbonyl (C=O) groups excluding carboxylic acids is 1. The van der Waals surface area contributed by atoms with E-state index in [1.54, 1.807) is 29.3 Å². The first-order chi connectivity index (χ1) is 17.1. The Morgan fingerprint density at radius 3 is 2.69 bits per heavy atom. The van der Waals surface area contributed by atoms with E-state index >= 15 is 0 Å². The first-order valence-corrected chi connectivity index (χ1v) is 10.8. The maximum Gasteiger partial charge on any atom is 0.490 e. The number of nitrogens with zero attached hydrogens (tertiary/aromatic N) is 5. The molecule has 4 heterocycles. The number of amides is 1. The Morgan fingerprint density at radius 1 is 1.31 bits per heavy atom. The van der Waals surface area contributed by atoms with Gasteiger partial charge >= 0.3 is 12.1 Å². The summed E-state index contributed by atoms with van der Waals surface area (Å²) in [7, 11) is 0. The molecule has 0 aliphatic carbocycles. The fourth-order valence-electron chi connectivity index (χ4n) is 3.70. The first kappa shape index (κ1) is 26.8. The van der Waals surface area contributed by atoms with E-state index < -0.39 is 17.7 Å². The molecule has 0 bridgehead atoms. The largest absolute Gasteiger partial charge is 0.490 e. The van der Waals surface area contributed by atoms with Crippen LogP contribution in [0.1, 0.15) is 28.9 Å². The molecule has 2 aromatic rings. The van der Waals surface area contributed by atoms with Crippen LogP contribution >= 0.6 is 0 Å². The highest BCUT2D eigenvalue weighted by Crippen LogP contribution is 2.33. The van der Waals surface area contributed by atoms with E-state index in [0.29, 0.717) is 49.9 Å². The van der Waals surface area contributed by atoms with E-state index in [-0.39, 0.29) is 12.0 Å². The molecule has 2 aliphatic rings. The third-order valence-electron chi connectivity index (χ3n) is 5.42. The van der Waals surface area contributed by atoms with Crippen molar-refractivity contribution in [2.24, 2.45) is 0 Å². The first-order valence-electron chi connectivity index (χ1n) is 10.8. The number of aromatic nitrogens is 3. The lowest BCUT2D eigenvalue weighted by molar-refractivity contribution is -0.192. The monoisotopic (exact) mass is 508 g/mol. The molecule has 2 fully saturated rings. The predicted molar refractivity (Wildman–Crippen MR) is 117 cm³/mol. The fourth-order valence-corrected chi connectivity index (χ4v) is 3.70. The predicted octanol–water partition coefficient (Wildman–Crippen LogP) is 1.88. The maximum atomic E-state index is 12.8. The highest BCUT2D eigenvalue weighted by Gasteiger charge is 2.44. The molecule has 2 atom stereocenters. The quantitative estimate of drug-likeness (QED) is 0.626. The second kappa shape index (κ2) is 11.7.